The van der Waals surface area contributed by atoms with Gasteiger partial charge in [-0.05, 0) is 61.6 Å². The van der Waals surface area contributed by atoms with E-state index in [0.717, 1.165) is 23.1 Å². The standard InChI is InChI=1S/C24H28O5/c1-5-24(2,3)23(26)29-17-28-21-13-10-20(11-14-21)16-19-8-6-18(7-9-19)12-15-22(25)27-4/h6-15H,5,16-17H2,1-4H3/b15-12+. The van der Waals surface area contributed by atoms with Crippen molar-refractivity contribution in [2.45, 2.75) is 33.6 Å². The molecule has 2 aromatic rings. The molecule has 0 aromatic heterocycles. The van der Waals surface area contributed by atoms with E-state index >= 15 is 0 Å². The Kier molecular flexibility index (Phi) is 8.01. The van der Waals surface area contributed by atoms with E-state index in [1.54, 1.807) is 6.08 Å². The van der Waals surface area contributed by atoms with Crippen LogP contribution in [0.4, 0.5) is 0 Å². The first-order valence-electron chi connectivity index (χ1n) is 9.58. The Labute approximate surface area is 172 Å². The van der Waals surface area contributed by atoms with Crippen LogP contribution in [0.25, 0.3) is 6.08 Å². The Morgan fingerprint density at radius 3 is 2.10 bits per heavy atom. The Bertz CT molecular complexity index is 833. The van der Waals surface area contributed by atoms with Gasteiger partial charge in [-0.1, -0.05) is 43.3 Å². The maximum absolute atomic E-state index is 11.9. The zero-order valence-electron chi connectivity index (χ0n) is 17.4. The first kappa shape index (κ1) is 22.2. The SMILES string of the molecule is CCC(C)(C)C(=O)OCOc1ccc(Cc2ccc(/C=C/C(=O)OC)cc2)cc1. The zero-order chi connectivity index (χ0) is 21.3. The predicted molar refractivity (Wildman–Crippen MR) is 112 cm³/mol. The minimum absolute atomic E-state index is 0.0951. The van der Waals surface area contributed by atoms with E-state index in [1.165, 1.54) is 13.2 Å². The molecule has 2 aromatic carbocycles. The summed E-state index contributed by atoms with van der Waals surface area (Å²) in [6.45, 7) is 5.56. The van der Waals surface area contributed by atoms with E-state index in [9.17, 15) is 9.59 Å². The molecule has 0 amide bonds. The average Bonchev–Trinajstić information content (AvgIpc) is 2.74. The summed E-state index contributed by atoms with van der Waals surface area (Å²) in [7, 11) is 1.35. The molecule has 5 heteroatoms. The van der Waals surface area contributed by atoms with Crippen molar-refractivity contribution < 1.29 is 23.8 Å². The molecule has 5 nitrogen and oxygen atoms in total. The topological polar surface area (TPSA) is 61.8 Å². The van der Waals surface area contributed by atoms with Gasteiger partial charge >= 0.3 is 11.9 Å². The number of hydrogen-bond donors (Lipinski definition) is 0. The van der Waals surface area contributed by atoms with Crippen LogP contribution >= 0.6 is 0 Å². The van der Waals surface area contributed by atoms with Gasteiger partial charge in [-0.3, -0.25) is 4.79 Å². The molecule has 0 atom stereocenters. The molecule has 0 saturated carbocycles. The van der Waals surface area contributed by atoms with E-state index in [2.05, 4.69) is 4.74 Å². The molecule has 0 bridgehead atoms. The highest BCUT2D eigenvalue weighted by molar-refractivity contribution is 5.86. The van der Waals surface area contributed by atoms with Gasteiger partial charge in [-0.25, -0.2) is 4.79 Å². The number of carbonyl (C=O) groups excluding carboxylic acids is 2. The van der Waals surface area contributed by atoms with Crippen LogP contribution in [0.15, 0.2) is 54.6 Å². The van der Waals surface area contributed by atoms with Crippen LogP contribution in [-0.2, 0) is 25.5 Å². The molecule has 0 unspecified atom stereocenters. The maximum atomic E-state index is 11.9. The predicted octanol–water partition coefficient (Wildman–Crippen LogP) is 4.78. The molecule has 0 radical (unpaired) electrons. The average molecular weight is 396 g/mol. The largest absolute Gasteiger partial charge is 0.466 e. The lowest BCUT2D eigenvalue weighted by Crippen LogP contribution is -2.27. The second kappa shape index (κ2) is 10.5. The maximum Gasteiger partial charge on any atom is 0.330 e. The van der Waals surface area contributed by atoms with Crippen molar-refractivity contribution in [1.29, 1.82) is 0 Å². The quantitative estimate of drug-likeness (QED) is 0.347. The highest BCUT2D eigenvalue weighted by Gasteiger charge is 2.27. The minimum atomic E-state index is -0.502. The number of hydrogen-bond acceptors (Lipinski definition) is 5. The summed E-state index contributed by atoms with van der Waals surface area (Å²) in [6.07, 6.45) is 4.61. The fourth-order valence-electron chi connectivity index (χ4n) is 2.41. The van der Waals surface area contributed by atoms with Crippen molar-refractivity contribution in [2.24, 2.45) is 5.41 Å². The molecule has 0 aliphatic carbocycles. The summed E-state index contributed by atoms with van der Waals surface area (Å²) < 4.78 is 15.3. The third kappa shape index (κ3) is 7.11. The minimum Gasteiger partial charge on any atom is -0.466 e. The van der Waals surface area contributed by atoms with E-state index in [4.69, 9.17) is 9.47 Å². The van der Waals surface area contributed by atoms with Gasteiger partial charge < -0.3 is 14.2 Å². The van der Waals surface area contributed by atoms with Gasteiger partial charge in [0.25, 0.3) is 0 Å². The molecule has 0 aliphatic heterocycles. The molecule has 0 saturated heterocycles. The van der Waals surface area contributed by atoms with E-state index in [-0.39, 0.29) is 18.7 Å². The van der Waals surface area contributed by atoms with Crippen LogP contribution < -0.4 is 4.74 Å². The lowest BCUT2D eigenvalue weighted by atomic mass is 9.91. The van der Waals surface area contributed by atoms with E-state index < -0.39 is 5.41 Å². The van der Waals surface area contributed by atoms with Crippen molar-refractivity contribution in [3.05, 3.63) is 71.3 Å². The fraction of sp³-hybridized carbons (Fsp3) is 0.333. The Balaban J connectivity index is 1.85. The molecule has 2 rings (SSSR count). The summed E-state index contributed by atoms with van der Waals surface area (Å²) in [4.78, 5) is 23.1. The van der Waals surface area contributed by atoms with Crippen LogP contribution in [0, 0.1) is 5.41 Å². The molecule has 0 spiro atoms. The van der Waals surface area contributed by atoms with Crippen molar-refractivity contribution in [3.8, 4) is 5.75 Å². The number of methoxy groups -OCH3 is 1. The smallest absolute Gasteiger partial charge is 0.330 e. The first-order chi connectivity index (χ1) is 13.8. The number of esters is 2. The number of rotatable bonds is 9. The third-order valence-electron chi connectivity index (χ3n) is 4.78. The molecule has 0 N–H and O–H groups in total. The molecule has 0 fully saturated rings. The summed E-state index contributed by atoms with van der Waals surface area (Å²) in [5.41, 5.74) is 2.73. The van der Waals surface area contributed by atoms with Gasteiger partial charge in [0.15, 0.2) is 0 Å². The monoisotopic (exact) mass is 396 g/mol. The second-order valence-corrected chi connectivity index (χ2v) is 7.35. The molecule has 0 heterocycles. The van der Waals surface area contributed by atoms with Crippen LogP contribution in [0.5, 0.6) is 5.75 Å². The Hall–Kier alpha value is -3.08. The number of ether oxygens (including phenoxy) is 3. The van der Waals surface area contributed by atoms with E-state index in [0.29, 0.717) is 12.2 Å². The molecular weight excluding hydrogens is 368 g/mol. The van der Waals surface area contributed by atoms with Crippen LogP contribution in [0.1, 0.15) is 43.9 Å². The lowest BCUT2D eigenvalue weighted by molar-refractivity contribution is -0.160. The van der Waals surface area contributed by atoms with Crippen molar-refractivity contribution in [1.82, 2.24) is 0 Å². The van der Waals surface area contributed by atoms with Crippen molar-refractivity contribution in [3.63, 3.8) is 0 Å². The molecule has 29 heavy (non-hydrogen) atoms. The van der Waals surface area contributed by atoms with Crippen molar-refractivity contribution >= 4 is 18.0 Å². The van der Waals surface area contributed by atoms with Gasteiger partial charge in [-0.15, -0.1) is 0 Å². The van der Waals surface area contributed by atoms with Gasteiger partial charge in [-0.2, -0.15) is 0 Å². The third-order valence-corrected chi connectivity index (χ3v) is 4.78. The molecule has 0 aliphatic rings. The Morgan fingerprint density at radius 2 is 1.55 bits per heavy atom. The molecular formula is C24H28O5. The number of benzene rings is 2. The first-order valence-corrected chi connectivity index (χ1v) is 9.58. The van der Waals surface area contributed by atoms with Gasteiger partial charge in [0.1, 0.15) is 5.75 Å². The fourth-order valence-corrected chi connectivity index (χ4v) is 2.41. The van der Waals surface area contributed by atoms with Crippen LogP contribution in [-0.4, -0.2) is 25.8 Å². The van der Waals surface area contributed by atoms with Gasteiger partial charge in [0, 0.05) is 6.08 Å². The molecule has 154 valence electrons. The highest BCUT2D eigenvalue weighted by Crippen LogP contribution is 2.22. The normalized spacial score (nSPS) is 11.3. The lowest BCUT2D eigenvalue weighted by Gasteiger charge is -2.20. The zero-order valence-corrected chi connectivity index (χ0v) is 17.4. The van der Waals surface area contributed by atoms with Crippen molar-refractivity contribution in [2.75, 3.05) is 13.9 Å². The highest BCUT2D eigenvalue weighted by atomic mass is 16.7. The summed E-state index contributed by atoms with van der Waals surface area (Å²) in [5.74, 6) is 0.0147. The summed E-state index contributed by atoms with van der Waals surface area (Å²) >= 11 is 0. The second-order valence-electron chi connectivity index (χ2n) is 7.35. The van der Waals surface area contributed by atoms with Crippen LogP contribution in [0.2, 0.25) is 0 Å². The van der Waals surface area contributed by atoms with Crippen LogP contribution in [0.3, 0.4) is 0 Å². The summed E-state index contributed by atoms with van der Waals surface area (Å²) in [5, 5.41) is 0. The Morgan fingerprint density at radius 1 is 0.966 bits per heavy atom. The van der Waals surface area contributed by atoms with Gasteiger partial charge in [0.05, 0.1) is 12.5 Å². The van der Waals surface area contributed by atoms with E-state index in [1.807, 2.05) is 69.3 Å². The summed E-state index contributed by atoms with van der Waals surface area (Å²) in [6, 6.07) is 15.7. The number of carbonyl (C=O) groups is 2. The van der Waals surface area contributed by atoms with Gasteiger partial charge in [0.2, 0.25) is 6.79 Å².